The summed E-state index contributed by atoms with van der Waals surface area (Å²) in [5.41, 5.74) is 1.36. The first-order valence-electron chi connectivity index (χ1n) is 9.53. The highest BCUT2D eigenvalue weighted by atomic mass is 16.5. The van der Waals surface area contributed by atoms with E-state index in [0.717, 1.165) is 5.69 Å². The number of piperidine rings is 1. The molecule has 29 heavy (non-hydrogen) atoms. The zero-order chi connectivity index (χ0) is 21.0. The van der Waals surface area contributed by atoms with E-state index in [2.05, 4.69) is 5.32 Å². The number of hydrogen-bond donors (Lipinski definition) is 1. The normalized spacial score (nSPS) is 14.4. The average molecular weight is 401 g/mol. The van der Waals surface area contributed by atoms with Crippen LogP contribution in [0.15, 0.2) is 35.1 Å². The van der Waals surface area contributed by atoms with Crippen molar-refractivity contribution in [2.24, 2.45) is 7.05 Å². The predicted molar refractivity (Wildman–Crippen MR) is 110 cm³/mol. The van der Waals surface area contributed by atoms with Crippen LogP contribution in [0.1, 0.15) is 18.5 Å². The van der Waals surface area contributed by atoms with E-state index in [9.17, 15) is 9.59 Å². The summed E-state index contributed by atoms with van der Waals surface area (Å²) in [5.74, 6) is 1.80. The molecule has 1 aromatic heterocycles. The van der Waals surface area contributed by atoms with E-state index < -0.39 is 0 Å². The van der Waals surface area contributed by atoms with E-state index in [1.165, 1.54) is 6.07 Å². The van der Waals surface area contributed by atoms with E-state index in [0.29, 0.717) is 48.9 Å². The Kier molecular flexibility index (Phi) is 6.31. The van der Waals surface area contributed by atoms with Crippen molar-refractivity contribution in [3.05, 3.63) is 46.4 Å². The lowest BCUT2D eigenvalue weighted by atomic mass is 10.1. The molecule has 8 heteroatoms. The number of benzene rings is 1. The van der Waals surface area contributed by atoms with Gasteiger partial charge in [0, 0.05) is 68.6 Å². The molecule has 0 bridgehead atoms. The minimum Gasteiger partial charge on any atom is -0.497 e. The summed E-state index contributed by atoms with van der Waals surface area (Å²) >= 11 is 0. The van der Waals surface area contributed by atoms with Crippen molar-refractivity contribution < 1.29 is 19.0 Å². The maximum atomic E-state index is 12.6. The Morgan fingerprint density at radius 2 is 1.62 bits per heavy atom. The van der Waals surface area contributed by atoms with Gasteiger partial charge in [-0.3, -0.25) is 4.79 Å². The molecule has 1 aliphatic rings. The van der Waals surface area contributed by atoms with Crippen LogP contribution in [0.3, 0.4) is 0 Å². The van der Waals surface area contributed by atoms with Gasteiger partial charge in [0.05, 0.1) is 14.2 Å². The van der Waals surface area contributed by atoms with Crippen LogP contribution in [0.5, 0.6) is 17.2 Å². The number of likely N-dealkylation sites (tertiary alicyclic amines) is 1. The Bertz CT molecular complexity index is 910. The monoisotopic (exact) mass is 401 g/mol. The second-order valence-corrected chi connectivity index (χ2v) is 7.07. The molecule has 0 spiro atoms. The largest absolute Gasteiger partial charge is 0.497 e. The first-order valence-corrected chi connectivity index (χ1v) is 9.53. The standard InChI is InChI=1S/C21H27N3O5/c1-14-9-19(13-20(25)23(14)2)29-16-5-7-24(8-6-16)21(26)22-15-10-17(27-3)12-18(11-15)28-4/h9-13,16H,5-8H2,1-4H3,(H,22,26). The number of aromatic nitrogens is 1. The summed E-state index contributed by atoms with van der Waals surface area (Å²) in [7, 11) is 4.86. The summed E-state index contributed by atoms with van der Waals surface area (Å²) in [4.78, 5) is 26.3. The number of nitrogens with zero attached hydrogens (tertiary/aromatic N) is 2. The zero-order valence-electron chi connectivity index (χ0n) is 17.2. The molecule has 1 aliphatic heterocycles. The molecule has 8 nitrogen and oxygen atoms in total. The Balaban J connectivity index is 1.56. The fourth-order valence-electron chi connectivity index (χ4n) is 3.26. The van der Waals surface area contributed by atoms with Crippen LogP contribution in [-0.4, -0.2) is 48.9 Å². The third-order valence-corrected chi connectivity index (χ3v) is 5.11. The van der Waals surface area contributed by atoms with Crippen LogP contribution >= 0.6 is 0 Å². The van der Waals surface area contributed by atoms with Gasteiger partial charge < -0.3 is 29.0 Å². The van der Waals surface area contributed by atoms with Crippen molar-refractivity contribution in [3.63, 3.8) is 0 Å². The Morgan fingerprint density at radius 1 is 1.00 bits per heavy atom. The van der Waals surface area contributed by atoms with Crippen LogP contribution in [0.4, 0.5) is 10.5 Å². The zero-order valence-corrected chi connectivity index (χ0v) is 17.2. The van der Waals surface area contributed by atoms with Crippen molar-refractivity contribution in [2.75, 3.05) is 32.6 Å². The first kappa shape index (κ1) is 20.6. The number of urea groups is 1. The number of ether oxygens (including phenoxy) is 3. The molecule has 0 saturated carbocycles. The van der Waals surface area contributed by atoms with Crippen molar-refractivity contribution in [2.45, 2.75) is 25.9 Å². The lowest BCUT2D eigenvalue weighted by molar-refractivity contribution is 0.115. The minimum atomic E-state index is -0.178. The number of carbonyl (C=O) groups excluding carboxylic acids is 1. The second-order valence-electron chi connectivity index (χ2n) is 7.07. The molecule has 0 aliphatic carbocycles. The second kappa shape index (κ2) is 8.89. The molecule has 2 heterocycles. The smallest absolute Gasteiger partial charge is 0.321 e. The molecule has 156 valence electrons. The van der Waals surface area contributed by atoms with Gasteiger partial charge in [0.15, 0.2) is 0 Å². The lowest BCUT2D eigenvalue weighted by Gasteiger charge is -2.32. The highest BCUT2D eigenvalue weighted by Gasteiger charge is 2.24. The fraction of sp³-hybridized carbons (Fsp3) is 0.429. The van der Waals surface area contributed by atoms with Gasteiger partial charge in [0.2, 0.25) is 0 Å². The number of amides is 2. The summed E-state index contributed by atoms with van der Waals surface area (Å²) in [5, 5.41) is 2.89. The van der Waals surface area contributed by atoms with Crippen LogP contribution in [0.2, 0.25) is 0 Å². The number of hydrogen-bond acceptors (Lipinski definition) is 5. The maximum absolute atomic E-state index is 12.6. The van der Waals surface area contributed by atoms with Gasteiger partial charge in [-0.2, -0.15) is 0 Å². The Morgan fingerprint density at radius 3 is 2.17 bits per heavy atom. The summed E-state index contributed by atoms with van der Waals surface area (Å²) in [6.07, 6.45) is 1.37. The van der Waals surface area contributed by atoms with Gasteiger partial charge in [-0.1, -0.05) is 0 Å². The molecule has 2 aromatic rings. The number of nitrogens with one attached hydrogen (secondary N) is 1. The van der Waals surface area contributed by atoms with Crippen molar-refractivity contribution >= 4 is 11.7 Å². The van der Waals surface area contributed by atoms with Gasteiger partial charge in [-0.05, 0) is 13.0 Å². The summed E-state index contributed by atoms with van der Waals surface area (Å²) in [6, 6.07) is 8.42. The molecule has 2 amide bonds. The number of anilines is 1. The van der Waals surface area contributed by atoms with Crippen LogP contribution in [0, 0.1) is 6.92 Å². The third kappa shape index (κ3) is 5.01. The molecular formula is C21H27N3O5. The van der Waals surface area contributed by atoms with Crippen LogP contribution in [-0.2, 0) is 7.05 Å². The minimum absolute atomic E-state index is 0.0255. The number of pyridine rings is 1. The van der Waals surface area contributed by atoms with E-state index in [4.69, 9.17) is 14.2 Å². The molecule has 0 atom stereocenters. The van der Waals surface area contributed by atoms with E-state index in [1.807, 2.05) is 13.0 Å². The molecule has 1 fully saturated rings. The lowest BCUT2D eigenvalue weighted by Crippen LogP contribution is -2.43. The van der Waals surface area contributed by atoms with Crippen molar-refractivity contribution in [3.8, 4) is 17.2 Å². The molecule has 0 radical (unpaired) electrons. The summed E-state index contributed by atoms with van der Waals surface area (Å²) < 4.78 is 18.0. The van der Waals surface area contributed by atoms with E-state index in [1.54, 1.807) is 48.9 Å². The molecule has 1 aromatic carbocycles. The van der Waals surface area contributed by atoms with E-state index >= 15 is 0 Å². The number of aryl methyl sites for hydroxylation is 1. The van der Waals surface area contributed by atoms with Gasteiger partial charge >= 0.3 is 6.03 Å². The molecular weight excluding hydrogens is 374 g/mol. The van der Waals surface area contributed by atoms with E-state index in [-0.39, 0.29) is 17.7 Å². The Labute approximate surface area is 170 Å². The molecule has 1 N–H and O–H groups in total. The number of methoxy groups -OCH3 is 2. The number of carbonyl (C=O) groups is 1. The molecule has 0 unspecified atom stereocenters. The van der Waals surface area contributed by atoms with Gasteiger partial charge in [-0.25, -0.2) is 4.79 Å². The predicted octanol–water partition coefficient (Wildman–Crippen LogP) is 2.79. The van der Waals surface area contributed by atoms with Gasteiger partial charge in [-0.15, -0.1) is 0 Å². The van der Waals surface area contributed by atoms with Crippen molar-refractivity contribution in [1.29, 1.82) is 0 Å². The average Bonchev–Trinajstić information content (AvgIpc) is 2.72. The van der Waals surface area contributed by atoms with Gasteiger partial charge in [0.25, 0.3) is 5.56 Å². The van der Waals surface area contributed by atoms with Crippen LogP contribution in [0.25, 0.3) is 0 Å². The SMILES string of the molecule is COc1cc(NC(=O)N2CCC(Oc3cc(C)n(C)c(=O)c3)CC2)cc(OC)c1. The van der Waals surface area contributed by atoms with Gasteiger partial charge in [0.1, 0.15) is 23.4 Å². The maximum Gasteiger partial charge on any atom is 0.321 e. The van der Waals surface area contributed by atoms with Crippen LogP contribution < -0.4 is 25.1 Å². The van der Waals surface area contributed by atoms with Crippen molar-refractivity contribution in [1.82, 2.24) is 9.47 Å². The highest BCUT2D eigenvalue weighted by Crippen LogP contribution is 2.26. The first-order chi connectivity index (χ1) is 13.9. The fourth-order valence-corrected chi connectivity index (χ4v) is 3.26. The quantitative estimate of drug-likeness (QED) is 0.833. The topological polar surface area (TPSA) is 82.0 Å². The third-order valence-electron chi connectivity index (χ3n) is 5.11. The molecule has 1 saturated heterocycles. The highest BCUT2D eigenvalue weighted by molar-refractivity contribution is 5.89. The number of rotatable bonds is 5. The molecule has 3 rings (SSSR count). The summed E-state index contributed by atoms with van der Waals surface area (Å²) in [6.45, 7) is 3.01. The Hall–Kier alpha value is -3.16.